The fourth-order valence-corrected chi connectivity index (χ4v) is 2.36. The predicted molar refractivity (Wildman–Crippen MR) is 77.1 cm³/mol. The molecule has 3 rings (SSSR count). The quantitative estimate of drug-likeness (QED) is 0.631. The van der Waals surface area contributed by atoms with Gasteiger partial charge in [0.25, 0.3) is 5.91 Å². The van der Waals surface area contributed by atoms with E-state index < -0.39 is 17.5 Å². The minimum absolute atomic E-state index is 0.0864. The van der Waals surface area contributed by atoms with E-state index in [4.69, 9.17) is 23.2 Å². The average molecular weight is 327 g/mol. The lowest BCUT2D eigenvalue weighted by Crippen LogP contribution is -2.03. The second kappa shape index (κ2) is 5.09. The molecule has 1 N–H and O–H groups in total. The molecule has 0 bridgehead atoms. The van der Waals surface area contributed by atoms with Crippen LogP contribution in [0.1, 0.15) is 11.1 Å². The van der Waals surface area contributed by atoms with Gasteiger partial charge in [-0.3, -0.25) is 4.79 Å². The second-order valence-corrected chi connectivity index (χ2v) is 5.09. The molecule has 0 fully saturated rings. The molecule has 1 aromatic carbocycles. The number of fused-ring (bicyclic) bond motifs is 1. The SMILES string of the molecule is O=C1Nc2cc(Cl)c(F)cc2/C1=C/c1ccnc(Cl)c1F. The van der Waals surface area contributed by atoms with E-state index in [1.807, 2.05) is 0 Å². The molecule has 1 amide bonds. The molecule has 1 aromatic heterocycles. The van der Waals surface area contributed by atoms with Gasteiger partial charge in [0.1, 0.15) is 5.82 Å². The van der Waals surface area contributed by atoms with Gasteiger partial charge in [0.15, 0.2) is 11.0 Å². The average Bonchev–Trinajstić information content (AvgIpc) is 2.72. The molecule has 7 heteroatoms. The summed E-state index contributed by atoms with van der Waals surface area (Å²) in [4.78, 5) is 15.5. The van der Waals surface area contributed by atoms with Gasteiger partial charge in [0, 0.05) is 22.9 Å². The molecular formula is C14H6Cl2F2N2O. The Morgan fingerprint density at radius 2 is 2.00 bits per heavy atom. The maximum Gasteiger partial charge on any atom is 0.256 e. The van der Waals surface area contributed by atoms with Crippen molar-refractivity contribution < 1.29 is 13.6 Å². The molecule has 21 heavy (non-hydrogen) atoms. The highest BCUT2D eigenvalue weighted by atomic mass is 35.5. The normalized spacial score (nSPS) is 15.2. The van der Waals surface area contributed by atoms with Gasteiger partial charge in [0.05, 0.1) is 10.7 Å². The Morgan fingerprint density at radius 1 is 1.24 bits per heavy atom. The van der Waals surface area contributed by atoms with E-state index in [1.165, 1.54) is 24.4 Å². The zero-order chi connectivity index (χ0) is 15.1. The van der Waals surface area contributed by atoms with E-state index in [0.29, 0.717) is 11.3 Å². The van der Waals surface area contributed by atoms with Crippen LogP contribution in [0.15, 0.2) is 24.4 Å². The van der Waals surface area contributed by atoms with Crippen molar-refractivity contribution in [3.05, 3.63) is 57.3 Å². The van der Waals surface area contributed by atoms with E-state index in [0.717, 1.165) is 6.07 Å². The Labute approximate surface area is 128 Å². The summed E-state index contributed by atoms with van der Waals surface area (Å²) in [6.45, 7) is 0. The van der Waals surface area contributed by atoms with Crippen molar-refractivity contribution in [2.45, 2.75) is 0 Å². The van der Waals surface area contributed by atoms with Crippen molar-refractivity contribution in [2.24, 2.45) is 0 Å². The smallest absolute Gasteiger partial charge is 0.256 e. The third-order valence-electron chi connectivity index (χ3n) is 3.02. The van der Waals surface area contributed by atoms with Gasteiger partial charge in [-0.05, 0) is 24.3 Å². The number of pyridine rings is 1. The van der Waals surface area contributed by atoms with Gasteiger partial charge in [-0.1, -0.05) is 23.2 Å². The van der Waals surface area contributed by atoms with Gasteiger partial charge in [0.2, 0.25) is 0 Å². The van der Waals surface area contributed by atoms with E-state index in [9.17, 15) is 13.6 Å². The van der Waals surface area contributed by atoms with Crippen molar-refractivity contribution in [3.63, 3.8) is 0 Å². The zero-order valence-corrected chi connectivity index (χ0v) is 11.8. The number of carbonyl (C=O) groups is 1. The first-order chi connectivity index (χ1) is 9.97. The number of rotatable bonds is 1. The number of nitrogens with zero attached hydrogens (tertiary/aromatic N) is 1. The van der Waals surface area contributed by atoms with Crippen LogP contribution in [0.4, 0.5) is 14.5 Å². The van der Waals surface area contributed by atoms with Gasteiger partial charge < -0.3 is 5.32 Å². The summed E-state index contributed by atoms with van der Waals surface area (Å²) in [5.41, 5.74) is 0.900. The first-order valence-electron chi connectivity index (χ1n) is 5.80. The summed E-state index contributed by atoms with van der Waals surface area (Å²) in [6.07, 6.45) is 2.60. The highest BCUT2D eigenvalue weighted by molar-refractivity contribution is 6.36. The van der Waals surface area contributed by atoms with Gasteiger partial charge in [-0.25, -0.2) is 13.8 Å². The first kappa shape index (κ1) is 14.0. The minimum Gasteiger partial charge on any atom is -0.321 e. The van der Waals surface area contributed by atoms with Crippen LogP contribution in [0.5, 0.6) is 0 Å². The minimum atomic E-state index is -0.748. The maximum absolute atomic E-state index is 13.8. The number of nitrogens with one attached hydrogen (secondary N) is 1. The topological polar surface area (TPSA) is 42.0 Å². The molecular weight excluding hydrogens is 321 g/mol. The van der Waals surface area contributed by atoms with Gasteiger partial charge in [-0.2, -0.15) is 0 Å². The molecule has 3 nitrogen and oxygen atoms in total. The molecule has 106 valence electrons. The van der Waals surface area contributed by atoms with Crippen LogP contribution in [0, 0.1) is 11.6 Å². The Hall–Kier alpha value is -1.98. The Balaban J connectivity index is 2.16. The first-order valence-corrected chi connectivity index (χ1v) is 6.55. The van der Waals surface area contributed by atoms with E-state index in [1.54, 1.807) is 0 Å². The van der Waals surface area contributed by atoms with Gasteiger partial charge >= 0.3 is 0 Å². The summed E-state index contributed by atoms with van der Waals surface area (Å²) < 4.78 is 27.4. The van der Waals surface area contributed by atoms with Crippen LogP contribution in [-0.4, -0.2) is 10.9 Å². The molecule has 0 spiro atoms. The maximum atomic E-state index is 13.8. The lowest BCUT2D eigenvalue weighted by atomic mass is 10.0. The zero-order valence-electron chi connectivity index (χ0n) is 10.3. The summed E-state index contributed by atoms with van der Waals surface area (Å²) in [6, 6.07) is 3.80. The number of hydrogen-bond donors (Lipinski definition) is 1. The molecule has 0 unspecified atom stereocenters. The van der Waals surface area contributed by atoms with Gasteiger partial charge in [-0.15, -0.1) is 0 Å². The molecule has 0 saturated carbocycles. The molecule has 0 aliphatic carbocycles. The Kier molecular flexibility index (Phi) is 3.39. The van der Waals surface area contributed by atoms with Crippen molar-refractivity contribution in [1.82, 2.24) is 4.98 Å². The van der Waals surface area contributed by atoms with Crippen molar-refractivity contribution >= 4 is 46.4 Å². The summed E-state index contributed by atoms with van der Waals surface area (Å²) in [5, 5.41) is 2.14. The molecule has 1 aliphatic heterocycles. The number of benzene rings is 1. The number of halogens is 4. The summed E-state index contributed by atoms with van der Waals surface area (Å²) >= 11 is 11.3. The van der Waals surface area contributed by atoms with Crippen LogP contribution >= 0.6 is 23.2 Å². The highest BCUT2D eigenvalue weighted by Gasteiger charge is 2.26. The summed E-state index contributed by atoms with van der Waals surface area (Å²) in [7, 11) is 0. The number of carbonyl (C=O) groups excluding carboxylic acids is 1. The number of anilines is 1. The molecule has 0 saturated heterocycles. The van der Waals surface area contributed by atoms with Crippen LogP contribution in [-0.2, 0) is 4.79 Å². The molecule has 2 heterocycles. The van der Waals surface area contributed by atoms with E-state index in [-0.39, 0.29) is 21.3 Å². The van der Waals surface area contributed by atoms with Crippen LogP contribution in [0.2, 0.25) is 10.2 Å². The predicted octanol–water partition coefficient (Wildman–Crippen LogP) is 4.16. The number of hydrogen-bond acceptors (Lipinski definition) is 2. The Morgan fingerprint density at radius 3 is 2.76 bits per heavy atom. The Bertz CT molecular complexity index is 806. The number of aromatic nitrogens is 1. The van der Waals surface area contributed by atoms with Crippen LogP contribution in [0.25, 0.3) is 11.6 Å². The molecule has 0 radical (unpaired) electrons. The number of amides is 1. The monoisotopic (exact) mass is 326 g/mol. The fourth-order valence-electron chi connectivity index (χ4n) is 2.03. The largest absolute Gasteiger partial charge is 0.321 e. The lowest BCUT2D eigenvalue weighted by Gasteiger charge is -2.02. The van der Waals surface area contributed by atoms with Crippen molar-refractivity contribution in [2.75, 3.05) is 5.32 Å². The van der Waals surface area contributed by atoms with E-state index in [2.05, 4.69) is 10.3 Å². The van der Waals surface area contributed by atoms with E-state index >= 15 is 0 Å². The van der Waals surface area contributed by atoms with Crippen molar-refractivity contribution in [3.8, 4) is 0 Å². The third-order valence-corrected chi connectivity index (χ3v) is 3.57. The highest BCUT2D eigenvalue weighted by Crippen LogP contribution is 2.36. The lowest BCUT2D eigenvalue weighted by molar-refractivity contribution is -0.110. The molecule has 1 aliphatic rings. The third kappa shape index (κ3) is 2.39. The van der Waals surface area contributed by atoms with Crippen LogP contribution in [0.3, 0.4) is 0 Å². The van der Waals surface area contributed by atoms with Crippen molar-refractivity contribution in [1.29, 1.82) is 0 Å². The molecule has 0 atom stereocenters. The fraction of sp³-hybridized carbons (Fsp3) is 0. The second-order valence-electron chi connectivity index (χ2n) is 4.33. The standard InChI is InChI=1S/C14H6Cl2F2N2O/c15-9-5-11-7(4-10(9)17)8(14(21)20-11)3-6-1-2-19-13(16)12(6)18/h1-5H,(H,20,21)/b8-3-. The summed E-state index contributed by atoms with van der Waals surface area (Å²) in [5.74, 6) is -1.88. The molecule has 2 aromatic rings. The van der Waals surface area contributed by atoms with Crippen LogP contribution < -0.4 is 5.32 Å².